The first-order chi connectivity index (χ1) is 9.06. The second kappa shape index (κ2) is 5.85. The molecule has 0 atom stereocenters. The maximum Gasteiger partial charge on any atom is 0.159 e. The van der Waals surface area contributed by atoms with Crippen molar-refractivity contribution in [2.45, 2.75) is 13.5 Å². The molecule has 4 heteroatoms. The lowest BCUT2D eigenvalue weighted by Crippen LogP contribution is -1.99. The lowest BCUT2D eigenvalue weighted by atomic mass is 10.1. The van der Waals surface area contributed by atoms with Crippen LogP contribution in [0.25, 0.3) is 0 Å². The second-order valence-corrected chi connectivity index (χ2v) is 4.54. The van der Waals surface area contributed by atoms with E-state index in [9.17, 15) is 9.18 Å². The molecule has 2 rings (SSSR count). The highest BCUT2D eigenvalue weighted by Gasteiger charge is 2.05. The normalized spacial score (nSPS) is 10.3. The molecule has 0 N–H and O–H groups in total. The number of hydrogen-bond acceptors (Lipinski definition) is 2. The van der Waals surface area contributed by atoms with Gasteiger partial charge in [-0.1, -0.05) is 29.8 Å². The number of carbonyl (C=O) groups excluding carboxylic acids is 1. The van der Waals surface area contributed by atoms with E-state index in [0.717, 1.165) is 0 Å². The Labute approximate surface area is 115 Å². The van der Waals surface area contributed by atoms with E-state index < -0.39 is 5.82 Å². The highest BCUT2D eigenvalue weighted by molar-refractivity contribution is 6.30. The number of Topliss-reactive ketones (excluding diaryl/α,β-unsaturated/α-hetero) is 1. The van der Waals surface area contributed by atoms with Crippen molar-refractivity contribution >= 4 is 17.4 Å². The Morgan fingerprint density at radius 2 is 2.05 bits per heavy atom. The van der Waals surface area contributed by atoms with Gasteiger partial charge in [0.25, 0.3) is 0 Å². The van der Waals surface area contributed by atoms with E-state index in [1.54, 1.807) is 36.4 Å². The summed E-state index contributed by atoms with van der Waals surface area (Å²) in [4.78, 5) is 11.2. The molecule has 0 aliphatic rings. The fraction of sp³-hybridized carbons (Fsp3) is 0.133. The lowest BCUT2D eigenvalue weighted by molar-refractivity contribution is 0.101. The Bertz CT molecular complexity index is 611. The first-order valence-electron chi connectivity index (χ1n) is 5.74. The largest absolute Gasteiger partial charge is 0.489 e. The smallest absolute Gasteiger partial charge is 0.159 e. The summed E-state index contributed by atoms with van der Waals surface area (Å²) in [5.41, 5.74) is 0.978. The summed E-state index contributed by atoms with van der Waals surface area (Å²) in [6.45, 7) is 1.57. The fourth-order valence-electron chi connectivity index (χ4n) is 1.60. The Balaban J connectivity index is 2.10. The molecule has 0 saturated carbocycles. The summed E-state index contributed by atoms with van der Waals surface area (Å²) in [6.07, 6.45) is 0. The molecule has 0 heterocycles. The van der Waals surface area contributed by atoms with Crippen molar-refractivity contribution < 1.29 is 13.9 Å². The predicted octanol–water partition coefficient (Wildman–Crippen LogP) is 4.26. The molecule has 19 heavy (non-hydrogen) atoms. The summed E-state index contributed by atoms with van der Waals surface area (Å²) >= 11 is 5.67. The van der Waals surface area contributed by atoms with Crippen molar-refractivity contribution in [3.05, 3.63) is 64.4 Å². The van der Waals surface area contributed by atoms with Crippen LogP contribution < -0.4 is 4.74 Å². The molecule has 2 nitrogen and oxygen atoms in total. The van der Waals surface area contributed by atoms with Gasteiger partial charge in [-0.3, -0.25) is 4.79 Å². The lowest BCUT2D eigenvalue weighted by Gasteiger charge is -2.08. The third-order valence-electron chi connectivity index (χ3n) is 2.65. The molecule has 0 bridgehead atoms. The van der Waals surface area contributed by atoms with Crippen molar-refractivity contribution in [3.8, 4) is 5.75 Å². The summed E-state index contributed by atoms with van der Waals surface area (Å²) in [6, 6.07) is 11.2. The average Bonchev–Trinajstić information content (AvgIpc) is 2.38. The molecule has 0 fully saturated rings. The molecule has 0 spiro atoms. The van der Waals surface area contributed by atoms with Gasteiger partial charge in [-0.05, 0) is 31.2 Å². The van der Waals surface area contributed by atoms with Gasteiger partial charge in [0.05, 0.1) is 0 Å². The quantitative estimate of drug-likeness (QED) is 0.781. The van der Waals surface area contributed by atoms with Crippen LogP contribution in [0.1, 0.15) is 22.8 Å². The van der Waals surface area contributed by atoms with Gasteiger partial charge in [-0.2, -0.15) is 0 Å². The number of rotatable bonds is 4. The number of halogens is 2. The van der Waals surface area contributed by atoms with Crippen LogP contribution in [-0.2, 0) is 6.61 Å². The molecule has 0 aromatic heterocycles. The van der Waals surface area contributed by atoms with Gasteiger partial charge in [0.15, 0.2) is 5.78 Å². The predicted molar refractivity (Wildman–Crippen MR) is 72.2 cm³/mol. The minimum absolute atomic E-state index is 0.0388. The molecule has 0 radical (unpaired) electrons. The van der Waals surface area contributed by atoms with Crippen molar-refractivity contribution in [2.75, 3.05) is 0 Å². The van der Waals surface area contributed by atoms with Crippen LogP contribution in [-0.4, -0.2) is 5.78 Å². The van der Waals surface area contributed by atoms with Crippen molar-refractivity contribution in [1.29, 1.82) is 0 Å². The maximum atomic E-state index is 13.5. The molecule has 0 aliphatic heterocycles. The molecule has 2 aromatic rings. The van der Waals surface area contributed by atoms with Gasteiger partial charge >= 0.3 is 0 Å². The van der Waals surface area contributed by atoms with Crippen LogP contribution in [0, 0.1) is 5.82 Å². The molecule has 0 saturated heterocycles. The molecular formula is C15H12ClFO2. The number of ketones is 1. The van der Waals surface area contributed by atoms with Crippen LogP contribution in [0.5, 0.6) is 5.75 Å². The van der Waals surface area contributed by atoms with Crippen LogP contribution in [0.2, 0.25) is 5.02 Å². The average molecular weight is 279 g/mol. The molecular weight excluding hydrogens is 267 g/mol. The van der Waals surface area contributed by atoms with Gasteiger partial charge in [-0.25, -0.2) is 4.39 Å². The fourth-order valence-corrected chi connectivity index (χ4v) is 1.76. The van der Waals surface area contributed by atoms with E-state index in [-0.39, 0.29) is 12.4 Å². The zero-order chi connectivity index (χ0) is 13.8. The summed E-state index contributed by atoms with van der Waals surface area (Å²) in [7, 11) is 0. The first-order valence-corrected chi connectivity index (χ1v) is 6.12. The van der Waals surface area contributed by atoms with Crippen LogP contribution in [0.15, 0.2) is 42.5 Å². The number of hydrogen-bond donors (Lipinski definition) is 0. The Morgan fingerprint density at radius 3 is 2.74 bits per heavy atom. The number of ether oxygens (including phenoxy) is 1. The molecule has 2 aromatic carbocycles. The van der Waals surface area contributed by atoms with E-state index in [4.69, 9.17) is 16.3 Å². The van der Waals surface area contributed by atoms with Crippen molar-refractivity contribution in [3.63, 3.8) is 0 Å². The van der Waals surface area contributed by atoms with Crippen LogP contribution >= 0.6 is 11.6 Å². The Morgan fingerprint density at radius 1 is 1.26 bits per heavy atom. The number of benzene rings is 2. The summed E-state index contributed by atoms with van der Waals surface area (Å²) in [5, 5.41) is 0.347. The van der Waals surface area contributed by atoms with E-state index in [0.29, 0.717) is 21.9 Å². The van der Waals surface area contributed by atoms with Gasteiger partial charge in [0.1, 0.15) is 18.2 Å². The van der Waals surface area contributed by atoms with E-state index in [1.807, 2.05) is 0 Å². The van der Waals surface area contributed by atoms with Crippen molar-refractivity contribution in [1.82, 2.24) is 0 Å². The molecule has 98 valence electrons. The minimum atomic E-state index is -0.407. The standard InChI is InChI=1S/C15H12ClFO2/c1-10(18)11-3-2-4-14(7-11)19-9-12-5-6-13(16)8-15(12)17/h2-8H,9H2,1H3. The second-order valence-electron chi connectivity index (χ2n) is 4.11. The van der Waals surface area contributed by atoms with E-state index >= 15 is 0 Å². The summed E-state index contributed by atoms with van der Waals surface area (Å²) in [5.74, 6) is 0.0837. The third kappa shape index (κ3) is 3.55. The summed E-state index contributed by atoms with van der Waals surface area (Å²) < 4.78 is 19.0. The van der Waals surface area contributed by atoms with Gasteiger partial charge in [0, 0.05) is 16.1 Å². The maximum absolute atomic E-state index is 13.5. The zero-order valence-electron chi connectivity index (χ0n) is 10.3. The van der Waals surface area contributed by atoms with Crippen LogP contribution in [0.3, 0.4) is 0 Å². The monoisotopic (exact) mass is 278 g/mol. The molecule has 0 amide bonds. The van der Waals surface area contributed by atoms with Gasteiger partial charge in [0.2, 0.25) is 0 Å². The van der Waals surface area contributed by atoms with Gasteiger partial charge < -0.3 is 4.74 Å². The Hall–Kier alpha value is -1.87. The Kier molecular flexibility index (Phi) is 4.17. The number of carbonyl (C=O) groups is 1. The minimum Gasteiger partial charge on any atom is -0.489 e. The first kappa shape index (κ1) is 13.6. The van der Waals surface area contributed by atoms with Gasteiger partial charge in [-0.15, -0.1) is 0 Å². The van der Waals surface area contributed by atoms with Crippen LogP contribution in [0.4, 0.5) is 4.39 Å². The van der Waals surface area contributed by atoms with E-state index in [2.05, 4.69) is 0 Å². The highest BCUT2D eigenvalue weighted by Crippen LogP contribution is 2.18. The van der Waals surface area contributed by atoms with Crippen molar-refractivity contribution in [2.24, 2.45) is 0 Å². The highest BCUT2D eigenvalue weighted by atomic mass is 35.5. The topological polar surface area (TPSA) is 26.3 Å². The zero-order valence-corrected chi connectivity index (χ0v) is 11.1. The SMILES string of the molecule is CC(=O)c1cccc(OCc2ccc(Cl)cc2F)c1. The molecule has 0 unspecified atom stereocenters. The molecule has 0 aliphatic carbocycles. The van der Waals surface area contributed by atoms with E-state index in [1.165, 1.54) is 13.0 Å². The third-order valence-corrected chi connectivity index (χ3v) is 2.89.